The summed E-state index contributed by atoms with van der Waals surface area (Å²) in [7, 11) is 0. The number of nitrogens with zero attached hydrogens (tertiary/aromatic N) is 2. The van der Waals surface area contributed by atoms with Gasteiger partial charge in [0.25, 0.3) is 0 Å². The highest BCUT2D eigenvalue weighted by molar-refractivity contribution is 5.78. The SMILES string of the molecule is C1=CCNC(C=NCCCN=CC2CCCCN2)=C1. The Bertz CT molecular complexity index is 362. The average molecular weight is 260 g/mol. The molecule has 2 aliphatic rings. The molecule has 0 radical (unpaired) electrons. The van der Waals surface area contributed by atoms with Crippen molar-refractivity contribution in [3.8, 4) is 0 Å². The Morgan fingerprint density at radius 2 is 2.21 bits per heavy atom. The predicted octanol–water partition coefficient (Wildman–Crippen LogP) is 1.70. The predicted molar refractivity (Wildman–Crippen MR) is 82.2 cm³/mol. The highest BCUT2D eigenvalue weighted by atomic mass is 14.9. The first-order valence-electron chi connectivity index (χ1n) is 7.29. The van der Waals surface area contributed by atoms with Crippen molar-refractivity contribution in [1.82, 2.24) is 10.6 Å². The lowest BCUT2D eigenvalue weighted by Crippen LogP contribution is -2.35. The standard InChI is InChI=1S/C15H24N4/c1-3-10-18-14(6-1)12-16-8-5-9-17-13-15-7-2-4-11-19-15/h1,3,6,12-13,15,18-19H,2,4-5,7-11H2. The Hall–Kier alpha value is -1.42. The van der Waals surface area contributed by atoms with E-state index in [2.05, 4.69) is 39.0 Å². The third kappa shape index (κ3) is 5.83. The van der Waals surface area contributed by atoms with E-state index in [9.17, 15) is 0 Å². The van der Waals surface area contributed by atoms with Gasteiger partial charge < -0.3 is 10.6 Å². The quantitative estimate of drug-likeness (QED) is 0.564. The van der Waals surface area contributed by atoms with Gasteiger partial charge in [-0.2, -0.15) is 0 Å². The second kappa shape index (κ2) is 8.64. The molecule has 0 aromatic carbocycles. The van der Waals surface area contributed by atoms with Crippen LogP contribution in [0.3, 0.4) is 0 Å². The van der Waals surface area contributed by atoms with Crippen LogP contribution in [0.25, 0.3) is 0 Å². The molecule has 2 rings (SSSR count). The fraction of sp³-hybridized carbons (Fsp3) is 0.600. The number of piperidine rings is 1. The molecule has 1 fully saturated rings. The van der Waals surface area contributed by atoms with Crippen LogP contribution in [0.1, 0.15) is 25.7 Å². The number of hydrogen-bond acceptors (Lipinski definition) is 4. The second-order valence-corrected chi connectivity index (χ2v) is 4.93. The first-order chi connectivity index (χ1) is 9.45. The average Bonchev–Trinajstić information content (AvgIpc) is 2.48. The van der Waals surface area contributed by atoms with E-state index in [-0.39, 0.29) is 0 Å². The Morgan fingerprint density at radius 3 is 3.00 bits per heavy atom. The van der Waals surface area contributed by atoms with Crippen molar-refractivity contribution in [2.45, 2.75) is 31.7 Å². The van der Waals surface area contributed by atoms with Crippen molar-refractivity contribution in [1.29, 1.82) is 0 Å². The molecule has 19 heavy (non-hydrogen) atoms. The molecule has 0 bridgehead atoms. The molecule has 4 heteroatoms. The highest BCUT2D eigenvalue weighted by Gasteiger charge is 2.08. The van der Waals surface area contributed by atoms with Crippen molar-refractivity contribution < 1.29 is 0 Å². The molecule has 2 heterocycles. The van der Waals surface area contributed by atoms with Gasteiger partial charge in [0, 0.05) is 38.1 Å². The summed E-state index contributed by atoms with van der Waals surface area (Å²) in [6.45, 7) is 3.76. The minimum atomic E-state index is 0.501. The summed E-state index contributed by atoms with van der Waals surface area (Å²) in [4.78, 5) is 8.88. The summed E-state index contributed by atoms with van der Waals surface area (Å²) in [5, 5.41) is 6.71. The maximum absolute atomic E-state index is 4.48. The van der Waals surface area contributed by atoms with Crippen LogP contribution in [-0.4, -0.2) is 44.7 Å². The molecule has 0 spiro atoms. The van der Waals surface area contributed by atoms with Gasteiger partial charge in [-0.3, -0.25) is 9.98 Å². The summed E-state index contributed by atoms with van der Waals surface area (Å²) in [6, 6.07) is 0.501. The molecule has 104 valence electrons. The molecule has 4 nitrogen and oxygen atoms in total. The summed E-state index contributed by atoms with van der Waals surface area (Å²) in [5.74, 6) is 0. The molecule has 0 amide bonds. The third-order valence-electron chi connectivity index (χ3n) is 3.27. The molecule has 0 aromatic heterocycles. The number of rotatable bonds is 6. The van der Waals surface area contributed by atoms with E-state index in [1.54, 1.807) is 0 Å². The number of dihydropyridines is 1. The Balaban J connectivity index is 1.54. The smallest absolute Gasteiger partial charge is 0.0524 e. The fourth-order valence-electron chi connectivity index (χ4n) is 2.19. The molecule has 0 saturated carbocycles. The van der Waals surface area contributed by atoms with Crippen molar-refractivity contribution in [2.75, 3.05) is 26.2 Å². The minimum absolute atomic E-state index is 0.501. The van der Waals surface area contributed by atoms with E-state index in [1.807, 2.05) is 12.3 Å². The van der Waals surface area contributed by atoms with Crippen LogP contribution in [0.5, 0.6) is 0 Å². The van der Waals surface area contributed by atoms with Gasteiger partial charge in [-0.1, -0.05) is 18.6 Å². The zero-order valence-electron chi connectivity index (χ0n) is 11.5. The van der Waals surface area contributed by atoms with Crippen LogP contribution in [0.15, 0.2) is 33.9 Å². The van der Waals surface area contributed by atoms with E-state index in [0.717, 1.165) is 38.3 Å². The normalized spacial score (nSPS) is 23.8. The molecule has 0 aliphatic carbocycles. The van der Waals surface area contributed by atoms with E-state index in [0.29, 0.717) is 6.04 Å². The van der Waals surface area contributed by atoms with Crippen LogP contribution in [-0.2, 0) is 0 Å². The van der Waals surface area contributed by atoms with E-state index in [1.165, 1.54) is 19.3 Å². The summed E-state index contributed by atoms with van der Waals surface area (Å²) >= 11 is 0. The number of nitrogens with one attached hydrogen (secondary N) is 2. The lowest BCUT2D eigenvalue weighted by Gasteiger charge is -2.19. The third-order valence-corrected chi connectivity index (χ3v) is 3.27. The molecule has 1 atom stereocenters. The first kappa shape index (κ1) is 14.0. The highest BCUT2D eigenvalue weighted by Crippen LogP contribution is 2.04. The number of aliphatic imine (C=N–C) groups is 2. The molecule has 1 saturated heterocycles. The van der Waals surface area contributed by atoms with Gasteiger partial charge in [-0.15, -0.1) is 0 Å². The van der Waals surface area contributed by atoms with Crippen LogP contribution in [0, 0.1) is 0 Å². The van der Waals surface area contributed by atoms with Crippen molar-refractivity contribution in [3.63, 3.8) is 0 Å². The second-order valence-electron chi connectivity index (χ2n) is 4.93. The molecule has 1 unspecified atom stereocenters. The van der Waals surface area contributed by atoms with Crippen molar-refractivity contribution >= 4 is 12.4 Å². The van der Waals surface area contributed by atoms with E-state index < -0.39 is 0 Å². The van der Waals surface area contributed by atoms with Crippen LogP contribution >= 0.6 is 0 Å². The van der Waals surface area contributed by atoms with Gasteiger partial charge in [0.2, 0.25) is 0 Å². The molecular formula is C15H24N4. The summed E-state index contributed by atoms with van der Waals surface area (Å²) in [5.41, 5.74) is 1.09. The van der Waals surface area contributed by atoms with Gasteiger partial charge in [-0.05, 0) is 31.9 Å². The number of allylic oxidation sites excluding steroid dienone is 3. The Kier molecular flexibility index (Phi) is 6.37. The molecule has 2 aliphatic heterocycles. The van der Waals surface area contributed by atoms with Crippen LogP contribution in [0.2, 0.25) is 0 Å². The van der Waals surface area contributed by atoms with Crippen molar-refractivity contribution in [3.05, 3.63) is 23.9 Å². The van der Waals surface area contributed by atoms with E-state index >= 15 is 0 Å². The monoisotopic (exact) mass is 260 g/mol. The molecule has 0 aromatic rings. The summed E-state index contributed by atoms with van der Waals surface area (Å²) < 4.78 is 0. The Labute approximate surface area is 115 Å². The first-order valence-corrected chi connectivity index (χ1v) is 7.29. The van der Waals surface area contributed by atoms with Crippen LogP contribution < -0.4 is 10.6 Å². The zero-order valence-corrected chi connectivity index (χ0v) is 11.5. The maximum Gasteiger partial charge on any atom is 0.0524 e. The minimum Gasteiger partial charge on any atom is -0.380 e. The van der Waals surface area contributed by atoms with Gasteiger partial charge in [0.05, 0.1) is 5.70 Å². The van der Waals surface area contributed by atoms with Crippen molar-refractivity contribution in [2.24, 2.45) is 9.98 Å². The van der Waals surface area contributed by atoms with E-state index in [4.69, 9.17) is 0 Å². The lowest BCUT2D eigenvalue weighted by molar-refractivity contribution is 0.476. The summed E-state index contributed by atoms with van der Waals surface area (Å²) in [6.07, 6.45) is 15.1. The Morgan fingerprint density at radius 1 is 1.26 bits per heavy atom. The molecular weight excluding hydrogens is 236 g/mol. The number of hydrogen-bond donors (Lipinski definition) is 2. The lowest BCUT2D eigenvalue weighted by atomic mass is 10.1. The maximum atomic E-state index is 4.48. The zero-order chi connectivity index (χ0) is 13.2. The van der Waals surface area contributed by atoms with Gasteiger partial charge in [-0.25, -0.2) is 0 Å². The fourth-order valence-corrected chi connectivity index (χ4v) is 2.19. The largest absolute Gasteiger partial charge is 0.380 e. The van der Waals surface area contributed by atoms with Gasteiger partial charge in [0.1, 0.15) is 0 Å². The van der Waals surface area contributed by atoms with Gasteiger partial charge >= 0.3 is 0 Å². The van der Waals surface area contributed by atoms with Gasteiger partial charge in [0.15, 0.2) is 0 Å². The topological polar surface area (TPSA) is 48.8 Å². The molecule has 2 N–H and O–H groups in total. The van der Waals surface area contributed by atoms with Crippen LogP contribution in [0.4, 0.5) is 0 Å².